The SMILES string of the molecule is CC(c1cccc(S(N)(=O)=O)c1)N(C)C(=O)c1ccnc(N(C)C)c1. The lowest BCUT2D eigenvalue weighted by Crippen LogP contribution is -2.30. The normalized spacial score (nSPS) is 12.5. The number of carbonyl (C=O) groups excluding carboxylic acids is 1. The summed E-state index contributed by atoms with van der Waals surface area (Å²) < 4.78 is 23.0. The summed E-state index contributed by atoms with van der Waals surface area (Å²) in [6.07, 6.45) is 1.59. The smallest absolute Gasteiger partial charge is 0.254 e. The van der Waals surface area contributed by atoms with Crippen molar-refractivity contribution < 1.29 is 13.2 Å². The number of sulfonamides is 1. The molecular formula is C17H22N4O3S. The maximum atomic E-state index is 12.8. The van der Waals surface area contributed by atoms with E-state index in [2.05, 4.69) is 4.98 Å². The molecule has 1 aromatic carbocycles. The maximum absolute atomic E-state index is 12.8. The molecule has 0 aliphatic carbocycles. The van der Waals surface area contributed by atoms with Crippen LogP contribution >= 0.6 is 0 Å². The number of benzene rings is 1. The number of hydrogen-bond acceptors (Lipinski definition) is 5. The molecule has 0 saturated carbocycles. The van der Waals surface area contributed by atoms with Crippen LogP contribution in [0.4, 0.5) is 5.82 Å². The number of aromatic nitrogens is 1. The summed E-state index contributed by atoms with van der Waals surface area (Å²) >= 11 is 0. The zero-order valence-electron chi connectivity index (χ0n) is 14.7. The highest BCUT2D eigenvalue weighted by molar-refractivity contribution is 7.89. The molecule has 25 heavy (non-hydrogen) atoms. The Bertz CT molecular complexity index is 881. The zero-order chi connectivity index (χ0) is 18.8. The average Bonchev–Trinajstić information content (AvgIpc) is 2.59. The Hall–Kier alpha value is -2.45. The fraction of sp³-hybridized carbons (Fsp3) is 0.294. The van der Waals surface area contributed by atoms with Gasteiger partial charge in [0, 0.05) is 32.9 Å². The summed E-state index contributed by atoms with van der Waals surface area (Å²) in [5, 5.41) is 5.18. The molecular weight excluding hydrogens is 340 g/mol. The van der Waals surface area contributed by atoms with E-state index >= 15 is 0 Å². The van der Waals surface area contributed by atoms with E-state index in [4.69, 9.17) is 5.14 Å². The van der Waals surface area contributed by atoms with Crippen molar-refractivity contribution in [3.8, 4) is 0 Å². The van der Waals surface area contributed by atoms with Gasteiger partial charge in [0.1, 0.15) is 5.82 Å². The fourth-order valence-corrected chi connectivity index (χ4v) is 2.92. The quantitative estimate of drug-likeness (QED) is 0.872. The van der Waals surface area contributed by atoms with Gasteiger partial charge in [-0.05, 0) is 36.8 Å². The molecule has 1 amide bonds. The van der Waals surface area contributed by atoms with Crippen molar-refractivity contribution in [2.24, 2.45) is 5.14 Å². The van der Waals surface area contributed by atoms with Crippen molar-refractivity contribution >= 4 is 21.7 Å². The second-order valence-corrected chi connectivity index (χ2v) is 7.57. The van der Waals surface area contributed by atoms with Crippen LogP contribution in [0.15, 0.2) is 47.5 Å². The summed E-state index contributed by atoms with van der Waals surface area (Å²) in [5.41, 5.74) is 1.19. The summed E-state index contributed by atoms with van der Waals surface area (Å²) in [5.74, 6) is 0.502. The van der Waals surface area contributed by atoms with Crippen molar-refractivity contribution in [2.45, 2.75) is 17.9 Å². The molecule has 0 spiro atoms. The van der Waals surface area contributed by atoms with Crippen LogP contribution in [0.1, 0.15) is 28.9 Å². The van der Waals surface area contributed by atoms with Crippen LogP contribution in [0.25, 0.3) is 0 Å². The molecule has 1 atom stereocenters. The number of primary sulfonamides is 1. The second-order valence-electron chi connectivity index (χ2n) is 6.01. The number of nitrogens with zero attached hydrogens (tertiary/aromatic N) is 3. The highest BCUT2D eigenvalue weighted by Crippen LogP contribution is 2.23. The lowest BCUT2D eigenvalue weighted by Gasteiger charge is -2.26. The molecule has 0 fully saturated rings. The predicted molar refractivity (Wildman–Crippen MR) is 96.9 cm³/mol. The van der Waals surface area contributed by atoms with Crippen molar-refractivity contribution in [3.63, 3.8) is 0 Å². The van der Waals surface area contributed by atoms with Gasteiger partial charge in [0.05, 0.1) is 10.9 Å². The van der Waals surface area contributed by atoms with Crippen molar-refractivity contribution in [2.75, 3.05) is 26.0 Å². The van der Waals surface area contributed by atoms with Crippen LogP contribution in [0.3, 0.4) is 0 Å². The molecule has 134 valence electrons. The van der Waals surface area contributed by atoms with Gasteiger partial charge in [-0.25, -0.2) is 18.5 Å². The Morgan fingerprint density at radius 1 is 1.16 bits per heavy atom. The summed E-state index contributed by atoms with van der Waals surface area (Å²) in [7, 11) is 1.58. The first-order valence-corrected chi connectivity index (χ1v) is 9.19. The van der Waals surface area contributed by atoms with Gasteiger partial charge in [0.15, 0.2) is 0 Å². The van der Waals surface area contributed by atoms with Gasteiger partial charge in [0.25, 0.3) is 5.91 Å². The van der Waals surface area contributed by atoms with Crippen molar-refractivity contribution in [1.82, 2.24) is 9.88 Å². The van der Waals surface area contributed by atoms with Crippen LogP contribution in [0.2, 0.25) is 0 Å². The van der Waals surface area contributed by atoms with E-state index in [-0.39, 0.29) is 16.8 Å². The molecule has 0 aliphatic rings. The number of carbonyl (C=O) groups is 1. The largest absolute Gasteiger partial charge is 0.363 e. The number of hydrogen-bond donors (Lipinski definition) is 1. The van der Waals surface area contributed by atoms with Gasteiger partial charge in [-0.3, -0.25) is 4.79 Å². The molecule has 2 N–H and O–H groups in total. The zero-order valence-corrected chi connectivity index (χ0v) is 15.5. The third-order valence-corrected chi connectivity index (χ3v) is 4.93. The number of anilines is 1. The predicted octanol–water partition coefficient (Wildman–Crippen LogP) is 1.63. The first-order chi connectivity index (χ1) is 11.6. The first-order valence-electron chi connectivity index (χ1n) is 7.64. The lowest BCUT2D eigenvalue weighted by atomic mass is 10.1. The van der Waals surface area contributed by atoms with E-state index in [1.54, 1.807) is 42.4 Å². The Morgan fingerprint density at radius 2 is 1.84 bits per heavy atom. The molecule has 2 aromatic rings. The van der Waals surface area contributed by atoms with Gasteiger partial charge in [-0.15, -0.1) is 0 Å². The number of nitrogens with two attached hydrogens (primary N) is 1. The minimum Gasteiger partial charge on any atom is -0.363 e. The molecule has 7 nitrogen and oxygen atoms in total. The average molecular weight is 362 g/mol. The Morgan fingerprint density at radius 3 is 2.44 bits per heavy atom. The monoisotopic (exact) mass is 362 g/mol. The minimum absolute atomic E-state index is 0.0245. The van der Waals surface area contributed by atoms with Gasteiger partial charge in [-0.1, -0.05) is 12.1 Å². The van der Waals surface area contributed by atoms with Gasteiger partial charge < -0.3 is 9.80 Å². The van der Waals surface area contributed by atoms with E-state index < -0.39 is 10.0 Å². The van der Waals surface area contributed by atoms with Gasteiger partial charge in [-0.2, -0.15) is 0 Å². The molecule has 8 heteroatoms. The topological polar surface area (TPSA) is 96.6 Å². The third-order valence-electron chi connectivity index (χ3n) is 4.02. The highest BCUT2D eigenvalue weighted by atomic mass is 32.2. The molecule has 0 bridgehead atoms. The fourth-order valence-electron chi connectivity index (χ4n) is 2.35. The van der Waals surface area contributed by atoms with Crippen molar-refractivity contribution in [3.05, 3.63) is 53.7 Å². The number of amides is 1. The number of pyridine rings is 1. The van der Waals surface area contributed by atoms with Crippen LogP contribution in [0.5, 0.6) is 0 Å². The van der Waals surface area contributed by atoms with Crippen LogP contribution in [-0.2, 0) is 10.0 Å². The van der Waals surface area contributed by atoms with Crippen LogP contribution in [-0.4, -0.2) is 45.4 Å². The van der Waals surface area contributed by atoms with E-state index in [1.165, 1.54) is 12.1 Å². The lowest BCUT2D eigenvalue weighted by molar-refractivity contribution is 0.0742. The molecule has 2 rings (SSSR count). The highest BCUT2D eigenvalue weighted by Gasteiger charge is 2.21. The third kappa shape index (κ3) is 4.34. The molecule has 0 radical (unpaired) electrons. The van der Waals surface area contributed by atoms with Crippen LogP contribution in [0, 0.1) is 0 Å². The van der Waals surface area contributed by atoms with Gasteiger partial charge in [0.2, 0.25) is 10.0 Å². The molecule has 1 heterocycles. The summed E-state index contributed by atoms with van der Waals surface area (Å²) in [6, 6.07) is 9.33. The minimum atomic E-state index is -3.79. The standard InChI is InChI=1S/C17H22N4O3S/c1-12(13-6-5-7-15(10-13)25(18,23)24)21(4)17(22)14-8-9-19-16(11-14)20(2)3/h5-12H,1-4H3,(H2,18,23,24). The Kier molecular flexibility index (Phi) is 5.44. The van der Waals surface area contributed by atoms with Crippen LogP contribution < -0.4 is 10.0 Å². The molecule has 1 unspecified atom stereocenters. The second kappa shape index (κ2) is 7.20. The molecule has 0 saturated heterocycles. The van der Waals surface area contributed by atoms with E-state index in [0.717, 1.165) is 0 Å². The van der Waals surface area contributed by atoms with Gasteiger partial charge >= 0.3 is 0 Å². The van der Waals surface area contributed by atoms with E-state index in [0.29, 0.717) is 16.9 Å². The molecule has 0 aliphatic heterocycles. The van der Waals surface area contributed by atoms with E-state index in [9.17, 15) is 13.2 Å². The van der Waals surface area contributed by atoms with E-state index in [1.807, 2.05) is 25.9 Å². The number of rotatable bonds is 5. The molecule has 1 aromatic heterocycles. The Labute approximate surface area is 148 Å². The summed E-state index contributed by atoms with van der Waals surface area (Å²) in [4.78, 5) is 20.3. The maximum Gasteiger partial charge on any atom is 0.254 e. The first kappa shape index (κ1) is 18.9. The van der Waals surface area contributed by atoms with Crippen molar-refractivity contribution in [1.29, 1.82) is 0 Å². The Balaban J connectivity index is 2.29. The summed E-state index contributed by atoms with van der Waals surface area (Å²) in [6.45, 7) is 1.83.